The van der Waals surface area contributed by atoms with Crippen LogP contribution in [0, 0.1) is 0 Å². The Balaban J connectivity index is 1.85. The molecule has 1 heterocycles. The van der Waals surface area contributed by atoms with E-state index in [-0.39, 0.29) is 30.3 Å². The minimum Gasteiger partial charge on any atom is -0.406 e. The Morgan fingerprint density at radius 3 is 2.19 bits per heavy atom. The summed E-state index contributed by atoms with van der Waals surface area (Å²) >= 11 is 0. The quantitative estimate of drug-likeness (QED) is 0.526. The van der Waals surface area contributed by atoms with E-state index in [0.29, 0.717) is 17.7 Å². The number of ether oxygens (including phenoxy) is 1. The van der Waals surface area contributed by atoms with Gasteiger partial charge in [0.15, 0.2) is 0 Å². The van der Waals surface area contributed by atoms with Crippen molar-refractivity contribution in [2.75, 3.05) is 7.05 Å². The molecule has 32 heavy (non-hydrogen) atoms. The average molecular weight is 460 g/mol. The number of carbonyl (C=O) groups is 1. The molecule has 0 atom stereocenters. The summed E-state index contributed by atoms with van der Waals surface area (Å²) in [5.41, 5.74) is -0.132. The number of carbonyl (C=O) groups excluding carboxylic acids is 1. The zero-order valence-corrected chi connectivity index (χ0v) is 17.6. The number of benzene rings is 2. The molecule has 0 saturated heterocycles. The molecular weight excluding hydrogens is 438 g/mol. The zero-order chi connectivity index (χ0) is 23.8. The van der Waals surface area contributed by atoms with E-state index >= 15 is 0 Å². The summed E-state index contributed by atoms with van der Waals surface area (Å²) in [6.07, 6.45) is -9.53. The summed E-state index contributed by atoms with van der Waals surface area (Å²) in [4.78, 5) is 15.9. The second-order valence-electron chi connectivity index (χ2n) is 8.04. The number of fused-ring (bicyclic) bond motifs is 1. The highest BCUT2D eigenvalue weighted by molar-refractivity contribution is 6.00. The molecule has 0 spiro atoms. The molecule has 0 radical (unpaired) electrons. The summed E-state index contributed by atoms with van der Waals surface area (Å²) in [6, 6.07) is 7.62. The topological polar surface area (TPSA) is 32.8 Å². The fourth-order valence-electron chi connectivity index (χ4n) is 3.51. The van der Waals surface area contributed by atoms with Gasteiger partial charge in [-0.25, -0.2) is 0 Å². The lowest BCUT2D eigenvalue weighted by Crippen LogP contribution is -2.26. The molecule has 0 aliphatic carbocycles. The SMILES string of the molecule is CC(C)N(C)Cc1cc2c(c(C(F)(F)F)c1)C(=O)N(Cc1ccc(OC(F)(F)F)cc1)C2. The third-order valence-corrected chi connectivity index (χ3v) is 5.29. The Labute approximate surface area is 181 Å². The van der Waals surface area contributed by atoms with Crippen LogP contribution in [-0.2, 0) is 25.8 Å². The van der Waals surface area contributed by atoms with Crippen molar-refractivity contribution < 1.29 is 35.9 Å². The zero-order valence-electron chi connectivity index (χ0n) is 17.6. The summed E-state index contributed by atoms with van der Waals surface area (Å²) in [6.45, 7) is 4.08. The first-order chi connectivity index (χ1) is 14.7. The van der Waals surface area contributed by atoms with Gasteiger partial charge in [-0.3, -0.25) is 9.69 Å². The molecule has 10 heteroatoms. The normalized spacial score (nSPS) is 14.5. The van der Waals surface area contributed by atoms with Crippen LogP contribution < -0.4 is 4.74 Å². The molecule has 0 fully saturated rings. The first kappa shape index (κ1) is 23.9. The highest BCUT2D eigenvalue weighted by Crippen LogP contribution is 2.39. The number of hydrogen-bond donors (Lipinski definition) is 0. The van der Waals surface area contributed by atoms with Crippen molar-refractivity contribution in [2.45, 2.75) is 52.1 Å². The summed E-state index contributed by atoms with van der Waals surface area (Å²) in [5, 5.41) is 0. The number of nitrogens with zero attached hydrogens (tertiary/aromatic N) is 2. The van der Waals surface area contributed by atoms with E-state index in [4.69, 9.17) is 0 Å². The van der Waals surface area contributed by atoms with Crippen molar-refractivity contribution in [1.82, 2.24) is 9.80 Å². The van der Waals surface area contributed by atoms with Gasteiger partial charge in [0.05, 0.1) is 11.1 Å². The Morgan fingerprint density at radius 2 is 1.66 bits per heavy atom. The van der Waals surface area contributed by atoms with E-state index in [1.165, 1.54) is 17.0 Å². The smallest absolute Gasteiger partial charge is 0.406 e. The number of halogens is 6. The number of amides is 1. The summed E-state index contributed by atoms with van der Waals surface area (Å²) in [7, 11) is 1.80. The molecule has 0 bridgehead atoms. The van der Waals surface area contributed by atoms with Crippen LogP contribution in [0.3, 0.4) is 0 Å². The molecule has 1 aliphatic rings. The highest BCUT2D eigenvalue weighted by Gasteiger charge is 2.41. The molecule has 1 amide bonds. The highest BCUT2D eigenvalue weighted by atomic mass is 19.4. The Hall–Kier alpha value is -2.75. The molecular formula is C22H22F6N2O2. The van der Waals surface area contributed by atoms with E-state index in [9.17, 15) is 31.1 Å². The monoisotopic (exact) mass is 460 g/mol. The molecule has 0 aromatic heterocycles. The van der Waals surface area contributed by atoms with Crippen LogP contribution in [0.5, 0.6) is 5.75 Å². The molecule has 174 valence electrons. The lowest BCUT2D eigenvalue weighted by molar-refractivity contribution is -0.274. The predicted octanol–water partition coefficient (Wildman–Crippen LogP) is 5.60. The second kappa shape index (κ2) is 8.65. The maximum Gasteiger partial charge on any atom is 0.573 e. The van der Waals surface area contributed by atoms with E-state index in [0.717, 1.165) is 18.2 Å². The van der Waals surface area contributed by atoms with Gasteiger partial charge in [-0.2, -0.15) is 13.2 Å². The first-order valence-electron chi connectivity index (χ1n) is 9.82. The first-order valence-corrected chi connectivity index (χ1v) is 9.82. The van der Waals surface area contributed by atoms with E-state index < -0.39 is 29.8 Å². The largest absolute Gasteiger partial charge is 0.573 e. The van der Waals surface area contributed by atoms with Gasteiger partial charge in [-0.1, -0.05) is 18.2 Å². The lowest BCUT2D eigenvalue weighted by atomic mass is 9.98. The van der Waals surface area contributed by atoms with Crippen molar-refractivity contribution in [3.05, 3.63) is 64.2 Å². The average Bonchev–Trinajstić information content (AvgIpc) is 2.96. The van der Waals surface area contributed by atoms with Crippen LogP contribution in [-0.4, -0.2) is 35.2 Å². The fraction of sp³-hybridized carbons (Fsp3) is 0.409. The van der Waals surface area contributed by atoms with Gasteiger partial charge >= 0.3 is 12.5 Å². The minimum atomic E-state index is -4.83. The van der Waals surface area contributed by atoms with E-state index in [1.807, 2.05) is 18.7 Å². The van der Waals surface area contributed by atoms with Gasteiger partial charge in [0.2, 0.25) is 0 Å². The molecule has 0 N–H and O–H groups in total. The van der Waals surface area contributed by atoms with Gasteiger partial charge in [0.1, 0.15) is 5.75 Å². The minimum absolute atomic E-state index is 0.0166. The lowest BCUT2D eigenvalue weighted by Gasteiger charge is -2.22. The van der Waals surface area contributed by atoms with Gasteiger partial charge in [-0.15, -0.1) is 13.2 Å². The molecule has 0 unspecified atom stereocenters. The van der Waals surface area contributed by atoms with Gasteiger partial charge in [0, 0.05) is 25.7 Å². The number of hydrogen-bond acceptors (Lipinski definition) is 3. The van der Waals surface area contributed by atoms with E-state index in [1.54, 1.807) is 13.1 Å². The van der Waals surface area contributed by atoms with Crippen LogP contribution in [0.1, 0.15) is 46.5 Å². The standard InChI is InChI=1S/C22H22F6N2O2/c1-13(2)29(3)10-15-8-16-12-30(20(31)19(16)18(9-15)21(23,24)25)11-14-4-6-17(7-5-14)32-22(26,27)28/h4-9,13H,10-12H2,1-3H3. The van der Waals surface area contributed by atoms with Crippen LogP contribution in [0.15, 0.2) is 36.4 Å². The Kier molecular flexibility index (Phi) is 6.46. The summed E-state index contributed by atoms with van der Waals surface area (Å²) in [5.74, 6) is -1.18. The number of rotatable bonds is 6. The molecule has 0 saturated carbocycles. The van der Waals surface area contributed by atoms with Crippen molar-refractivity contribution in [2.24, 2.45) is 0 Å². The third-order valence-electron chi connectivity index (χ3n) is 5.29. The van der Waals surface area contributed by atoms with Gasteiger partial charge in [-0.05, 0) is 55.8 Å². The van der Waals surface area contributed by atoms with Gasteiger partial charge < -0.3 is 9.64 Å². The van der Waals surface area contributed by atoms with Crippen molar-refractivity contribution in [3.63, 3.8) is 0 Å². The molecule has 2 aromatic rings. The van der Waals surface area contributed by atoms with Crippen LogP contribution in [0.2, 0.25) is 0 Å². The third kappa shape index (κ3) is 5.53. The Bertz CT molecular complexity index is 984. The molecule has 4 nitrogen and oxygen atoms in total. The predicted molar refractivity (Wildman–Crippen MR) is 105 cm³/mol. The maximum absolute atomic E-state index is 13.7. The summed E-state index contributed by atoms with van der Waals surface area (Å²) < 4.78 is 81.9. The molecule has 2 aromatic carbocycles. The maximum atomic E-state index is 13.7. The fourth-order valence-corrected chi connectivity index (χ4v) is 3.51. The van der Waals surface area contributed by atoms with Gasteiger partial charge in [0.25, 0.3) is 5.91 Å². The van der Waals surface area contributed by atoms with Crippen LogP contribution in [0.25, 0.3) is 0 Å². The Morgan fingerprint density at radius 1 is 1.03 bits per heavy atom. The van der Waals surface area contributed by atoms with Crippen LogP contribution in [0.4, 0.5) is 26.3 Å². The van der Waals surface area contributed by atoms with Crippen LogP contribution >= 0.6 is 0 Å². The van der Waals surface area contributed by atoms with E-state index in [2.05, 4.69) is 4.74 Å². The van der Waals surface area contributed by atoms with Crippen molar-refractivity contribution in [1.29, 1.82) is 0 Å². The van der Waals surface area contributed by atoms with Crippen molar-refractivity contribution in [3.8, 4) is 5.75 Å². The molecule has 3 rings (SSSR count). The second-order valence-corrected chi connectivity index (χ2v) is 8.04. The molecule has 1 aliphatic heterocycles. The van der Waals surface area contributed by atoms with Crippen molar-refractivity contribution >= 4 is 5.91 Å². The number of alkyl halides is 6.